The second kappa shape index (κ2) is 5.16. The summed E-state index contributed by atoms with van der Waals surface area (Å²) in [6.07, 6.45) is 8.09. The smallest absolute Gasteiger partial charge is 0.252 e. The minimum Gasteiger partial charge on any atom is -0.293 e. The number of rotatable bonds is 2. The van der Waals surface area contributed by atoms with Gasteiger partial charge >= 0.3 is 0 Å². The van der Waals surface area contributed by atoms with Crippen LogP contribution in [0.4, 0.5) is 0 Å². The van der Waals surface area contributed by atoms with Crippen LogP contribution in [0.25, 0.3) is 11.0 Å². The number of nitrogens with zero attached hydrogens (tertiary/aromatic N) is 2. The summed E-state index contributed by atoms with van der Waals surface area (Å²) in [5.74, 6) is 0.541. The van der Waals surface area contributed by atoms with Crippen LogP contribution in [0, 0.1) is 0 Å². The van der Waals surface area contributed by atoms with Gasteiger partial charge in [-0.3, -0.25) is 9.36 Å². The second-order valence-electron chi connectivity index (χ2n) is 5.39. The van der Waals surface area contributed by atoms with Gasteiger partial charge in [0.1, 0.15) is 5.65 Å². The van der Waals surface area contributed by atoms with E-state index < -0.39 is 0 Å². The number of hydrogen-bond donors (Lipinski definition) is 0. The van der Waals surface area contributed by atoms with Crippen molar-refractivity contribution in [2.24, 2.45) is 0 Å². The Labute approximate surface area is 113 Å². The third kappa shape index (κ3) is 2.18. The Balaban J connectivity index is 2.22. The van der Waals surface area contributed by atoms with Crippen molar-refractivity contribution < 1.29 is 0 Å². The van der Waals surface area contributed by atoms with E-state index in [1.165, 1.54) is 37.7 Å². The molecule has 0 saturated heterocycles. The van der Waals surface area contributed by atoms with E-state index in [4.69, 9.17) is 0 Å². The van der Waals surface area contributed by atoms with E-state index >= 15 is 0 Å². The van der Waals surface area contributed by atoms with E-state index in [1.54, 1.807) is 10.8 Å². The molecule has 0 amide bonds. The SMILES string of the molecule is CCn1c(=O)cc(C2CCCCC2)c2cccnc21. The van der Waals surface area contributed by atoms with Crippen LogP contribution < -0.4 is 5.56 Å². The summed E-state index contributed by atoms with van der Waals surface area (Å²) in [5, 5.41) is 1.16. The van der Waals surface area contributed by atoms with Gasteiger partial charge in [-0.25, -0.2) is 4.98 Å². The van der Waals surface area contributed by atoms with Crippen molar-refractivity contribution in [3.8, 4) is 0 Å². The molecule has 3 heteroatoms. The van der Waals surface area contributed by atoms with Crippen LogP contribution in [0.1, 0.15) is 50.5 Å². The van der Waals surface area contributed by atoms with E-state index in [9.17, 15) is 4.79 Å². The highest BCUT2D eigenvalue weighted by Gasteiger charge is 2.19. The Morgan fingerprint density at radius 3 is 2.84 bits per heavy atom. The zero-order valence-electron chi connectivity index (χ0n) is 11.4. The van der Waals surface area contributed by atoms with E-state index in [-0.39, 0.29) is 5.56 Å². The molecule has 0 spiro atoms. The van der Waals surface area contributed by atoms with Gasteiger partial charge in [0, 0.05) is 24.2 Å². The first-order valence-electron chi connectivity index (χ1n) is 7.29. The highest BCUT2D eigenvalue weighted by molar-refractivity contribution is 5.79. The second-order valence-corrected chi connectivity index (χ2v) is 5.39. The molecule has 19 heavy (non-hydrogen) atoms. The molecule has 0 radical (unpaired) electrons. The minimum absolute atomic E-state index is 0.0919. The molecule has 1 aliphatic carbocycles. The molecule has 2 aromatic rings. The lowest BCUT2D eigenvalue weighted by atomic mass is 9.83. The van der Waals surface area contributed by atoms with E-state index in [0.717, 1.165) is 11.0 Å². The van der Waals surface area contributed by atoms with Gasteiger partial charge in [-0.05, 0) is 43.4 Å². The topological polar surface area (TPSA) is 34.9 Å². The third-order valence-corrected chi connectivity index (χ3v) is 4.26. The van der Waals surface area contributed by atoms with Crippen molar-refractivity contribution in [1.82, 2.24) is 9.55 Å². The van der Waals surface area contributed by atoms with Crippen LogP contribution in [0.3, 0.4) is 0 Å². The maximum absolute atomic E-state index is 12.3. The summed E-state index contributed by atoms with van der Waals surface area (Å²) in [4.78, 5) is 16.7. The number of pyridine rings is 2. The predicted octanol–water partition coefficient (Wildman–Crippen LogP) is 3.46. The zero-order chi connectivity index (χ0) is 13.2. The quantitative estimate of drug-likeness (QED) is 0.824. The summed E-state index contributed by atoms with van der Waals surface area (Å²) in [7, 11) is 0. The fourth-order valence-electron chi connectivity index (χ4n) is 3.29. The maximum atomic E-state index is 12.3. The Hall–Kier alpha value is -1.64. The number of aryl methyl sites for hydroxylation is 1. The molecule has 0 aromatic carbocycles. The Morgan fingerprint density at radius 2 is 2.11 bits per heavy atom. The van der Waals surface area contributed by atoms with Crippen LogP contribution in [0.15, 0.2) is 29.2 Å². The molecular formula is C16H20N2O. The van der Waals surface area contributed by atoms with Crippen LogP contribution in [-0.2, 0) is 6.54 Å². The number of hydrogen-bond acceptors (Lipinski definition) is 2. The Kier molecular flexibility index (Phi) is 3.36. The fourth-order valence-corrected chi connectivity index (χ4v) is 3.29. The lowest BCUT2D eigenvalue weighted by Crippen LogP contribution is -2.22. The van der Waals surface area contributed by atoms with Crippen molar-refractivity contribution >= 4 is 11.0 Å². The summed E-state index contributed by atoms with van der Waals surface area (Å²) in [6, 6.07) is 5.93. The molecule has 1 fully saturated rings. The molecule has 2 aromatic heterocycles. The van der Waals surface area contributed by atoms with Crippen LogP contribution in [-0.4, -0.2) is 9.55 Å². The van der Waals surface area contributed by atoms with E-state index in [1.807, 2.05) is 19.1 Å². The van der Waals surface area contributed by atoms with Crippen molar-refractivity contribution in [3.05, 3.63) is 40.3 Å². The highest BCUT2D eigenvalue weighted by atomic mass is 16.1. The van der Waals surface area contributed by atoms with Crippen molar-refractivity contribution in [2.75, 3.05) is 0 Å². The summed E-state index contributed by atoms with van der Waals surface area (Å²) >= 11 is 0. The Morgan fingerprint density at radius 1 is 1.32 bits per heavy atom. The van der Waals surface area contributed by atoms with Gasteiger partial charge in [-0.1, -0.05) is 19.3 Å². The predicted molar refractivity (Wildman–Crippen MR) is 77.5 cm³/mol. The first kappa shape index (κ1) is 12.4. The average Bonchev–Trinajstić information content (AvgIpc) is 2.47. The number of fused-ring (bicyclic) bond motifs is 1. The molecule has 1 saturated carbocycles. The van der Waals surface area contributed by atoms with Gasteiger partial charge in [0.15, 0.2) is 0 Å². The molecule has 100 valence electrons. The lowest BCUT2D eigenvalue weighted by Gasteiger charge is -2.23. The molecule has 0 unspecified atom stereocenters. The lowest BCUT2D eigenvalue weighted by molar-refractivity contribution is 0.445. The maximum Gasteiger partial charge on any atom is 0.252 e. The fraction of sp³-hybridized carbons (Fsp3) is 0.500. The van der Waals surface area contributed by atoms with Gasteiger partial charge in [0.25, 0.3) is 5.56 Å². The third-order valence-electron chi connectivity index (χ3n) is 4.26. The molecule has 0 aliphatic heterocycles. The highest BCUT2D eigenvalue weighted by Crippen LogP contribution is 2.35. The molecule has 1 aliphatic rings. The first-order chi connectivity index (χ1) is 9.31. The molecule has 0 N–H and O–H groups in total. The zero-order valence-corrected chi connectivity index (χ0v) is 11.4. The van der Waals surface area contributed by atoms with E-state index in [2.05, 4.69) is 11.1 Å². The monoisotopic (exact) mass is 256 g/mol. The van der Waals surface area contributed by atoms with Crippen LogP contribution in [0.5, 0.6) is 0 Å². The van der Waals surface area contributed by atoms with Gasteiger partial charge < -0.3 is 0 Å². The molecule has 0 atom stereocenters. The summed E-state index contributed by atoms with van der Waals surface area (Å²) in [6.45, 7) is 2.67. The van der Waals surface area contributed by atoms with Gasteiger partial charge in [-0.2, -0.15) is 0 Å². The summed E-state index contributed by atoms with van der Waals surface area (Å²) in [5.41, 5.74) is 2.16. The molecule has 0 bridgehead atoms. The normalized spacial score (nSPS) is 16.9. The largest absolute Gasteiger partial charge is 0.293 e. The number of aromatic nitrogens is 2. The van der Waals surface area contributed by atoms with Gasteiger partial charge in [0.2, 0.25) is 0 Å². The Bertz CT molecular complexity index is 639. The van der Waals surface area contributed by atoms with Crippen LogP contribution in [0.2, 0.25) is 0 Å². The van der Waals surface area contributed by atoms with Crippen LogP contribution >= 0.6 is 0 Å². The minimum atomic E-state index is 0.0919. The molecule has 3 nitrogen and oxygen atoms in total. The summed E-state index contributed by atoms with van der Waals surface area (Å²) < 4.78 is 1.77. The first-order valence-corrected chi connectivity index (χ1v) is 7.29. The molecule has 2 heterocycles. The van der Waals surface area contributed by atoms with Gasteiger partial charge in [0.05, 0.1) is 0 Å². The molecule has 3 rings (SSSR count). The van der Waals surface area contributed by atoms with Crippen molar-refractivity contribution in [3.63, 3.8) is 0 Å². The standard InChI is InChI=1S/C16H20N2O/c1-2-18-15(19)11-14(12-7-4-3-5-8-12)13-9-6-10-17-16(13)18/h6,9-12H,2-5,7-8H2,1H3. The van der Waals surface area contributed by atoms with Gasteiger partial charge in [-0.15, -0.1) is 0 Å². The average molecular weight is 256 g/mol. The molecular weight excluding hydrogens is 236 g/mol. The van der Waals surface area contributed by atoms with E-state index in [0.29, 0.717) is 12.5 Å². The van der Waals surface area contributed by atoms with Crippen molar-refractivity contribution in [1.29, 1.82) is 0 Å². The van der Waals surface area contributed by atoms with Crippen molar-refractivity contribution in [2.45, 2.75) is 51.5 Å².